The maximum atomic E-state index is 8.81. The van der Waals surface area contributed by atoms with Gasteiger partial charge in [-0.25, -0.2) is 0 Å². The van der Waals surface area contributed by atoms with Crippen LogP contribution in [0.1, 0.15) is 83.1 Å². The summed E-state index contributed by atoms with van der Waals surface area (Å²) in [5.74, 6) is 0. The van der Waals surface area contributed by atoms with Crippen molar-refractivity contribution in [2.24, 2.45) is 10.8 Å². The van der Waals surface area contributed by atoms with Gasteiger partial charge in [0.2, 0.25) is 0 Å². The van der Waals surface area contributed by atoms with Crippen molar-refractivity contribution in [3.8, 4) is 0 Å². The maximum Gasteiger partial charge on any atom is 0.194 e. The highest BCUT2D eigenvalue weighted by molar-refractivity contribution is 6.26. The van der Waals surface area contributed by atoms with Crippen LogP contribution in [0.25, 0.3) is 129 Å². The van der Waals surface area contributed by atoms with Gasteiger partial charge >= 0.3 is 0 Å². The summed E-state index contributed by atoms with van der Waals surface area (Å²) in [6.07, 6.45) is 0. The predicted octanol–water partition coefficient (Wildman–Crippen LogP) is 24.4. The van der Waals surface area contributed by atoms with Crippen molar-refractivity contribution in [3.05, 3.63) is 253 Å². The standard InChI is InChI=1S/4C16H10.2C5H12.3C2H6O.2C2H6.CH3NO2.2CH4O/c4*1-3-11-7-9-13-5-2-6-14-10-8-12(4-1)15(11)16(13)14;2*1-5(2,3)4;3*1-3-2;2*1-2;1-2(3)4;2*1-2/h4*1-10H;2*1-4H3;3*1-2H3;2*1-2H3;1H3;2*2H,1H3. The minimum atomic E-state index is -0.500. The lowest BCUT2D eigenvalue weighted by Gasteiger charge is -2.09. The second kappa shape index (κ2) is 40.9. The molecule has 0 radical (unpaired) electrons. The van der Waals surface area contributed by atoms with Crippen LogP contribution in [0.2, 0.25) is 0 Å². The Kier molecular flexibility index (Phi) is 34.5. The molecule has 16 aromatic rings. The molecule has 0 aromatic heterocycles. The Morgan fingerprint density at radius 2 is 0.295 bits per heavy atom. The Morgan fingerprint density at radius 3 is 0.347 bits per heavy atom. The topological polar surface area (TPSA) is 111 Å². The van der Waals surface area contributed by atoms with Crippen LogP contribution < -0.4 is 0 Å². The molecule has 0 saturated heterocycles. The quantitative estimate of drug-likeness (QED) is 0.0884. The molecule has 0 fully saturated rings. The highest BCUT2D eigenvalue weighted by Crippen LogP contribution is 2.38. The third kappa shape index (κ3) is 23.1. The molecule has 0 aliphatic heterocycles. The van der Waals surface area contributed by atoms with Gasteiger partial charge in [0.05, 0.1) is 0 Å². The highest BCUT2D eigenvalue weighted by atomic mass is 16.6. The zero-order valence-electron chi connectivity index (χ0n) is 60.5. The molecule has 0 spiro atoms. The Hall–Kier alpha value is -9.12. The molecule has 8 heteroatoms. The van der Waals surface area contributed by atoms with Crippen molar-refractivity contribution >= 4 is 129 Å². The molecule has 0 aliphatic carbocycles. The van der Waals surface area contributed by atoms with Gasteiger partial charge in [0.25, 0.3) is 0 Å². The van der Waals surface area contributed by atoms with E-state index < -0.39 is 4.92 Å². The second-order valence-electron chi connectivity index (χ2n) is 24.8. The summed E-state index contributed by atoms with van der Waals surface area (Å²) in [5.41, 5.74) is 1.00. The molecule has 8 nitrogen and oxygen atoms in total. The summed E-state index contributed by atoms with van der Waals surface area (Å²) in [4.78, 5) is 8.31. The first kappa shape index (κ1) is 80.1. The number of hydrogen-bond donors (Lipinski definition) is 2. The third-order valence-electron chi connectivity index (χ3n) is 13.6. The van der Waals surface area contributed by atoms with E-state index >= 15 is 0 Å². The number of nitro groups is 1. The molecular weight excluding hydrogens is 1170 g/mol. The first-order chi connectivity index (χ1) is 45.7. The number of rotatable bonds is 0. The van der Waals surface area contributed by atoms with E-state index in [0.29, 0.717) is 10.8 Å². The van der Waals surface area contributed by atoms with E-state index in [0.717, 1.165) is 21.3 Å². The van der Waals surface area contributed by atoms with Gasteiger partial charge in [0.15, 0.2) is 7.05 Å². The summed E-state index contributed by atoms with van der Waals surface area (Å²) in [7, 11) is 12.6. The number of nitrogens with zero attached hydrogens (tertiary/aromatic N) is 1. The largest absolute Gasteiger partial charge is 0.400 e. The molecule has 500 valence electrons. The van der Waals surface area contributed by atoms with Gasteiger partial charge in [-0.15, -0.1) is 0 Å². The summed E-state index contributed by atoms with van der Waals surface area (Å²) >= 11 is 0. The zero-order chi connectivity index (χ0) is 70.8. The number of methoxy groups -OCH3 is 3. The van der Waals surface area contributed by atoms with E-state index in [2.05, 4.69) is 312 Å². The molecule has 0 heterocycles. The van der Waals surface area contributed by atoms with Crippen LogP contribution in [0.3, 0.4) is 0 Å². The molecular formula is C87H105NO7. The average molecular weight is 1280 g/mol. The van der Waals surface area contributed by atoms with Crippen LogP contribution >= 0.6 is 0 Å². The summed E-state index contributed by atoms with van der Waals surface area (Å²) in [6.45, 7) is 25.5. The average Bonchev–Trinajstić information content (AvgIpc) is 0.785. The van der Waals surface area contributed by atoms with Crippen molar-refractivity contribution in [1.82, 2.24) is 0 Å². The molecule has 2 N–H and O–H groups in total. The minimum absolute atomic E-state index is 0.500. The molecule has 0 bridgehead atoms. The number of benzene rings is 16. The lowest BCUT2D eigenvalue weighted by Crippen LogP contribution is -1.93. The van der Waals surface area contributed by atoms with Gasteiger partial charge in [0, 0.05) is 61.8 Å². The van der Waals surface area contributed by atoms with Crippen LogP contribution in [0.15, 0.2) is 243 Å². The van der Waals surface area contributed by atoms with Crippen LogP contribution in [0.4, 0.5) is 0 Å². The summed E-state index contributed by atoms with van der Waals surface area (Å²) in [6, 6.07) is 87.4. The molecule has 0 aliphatic rings. The fraction of sp³-hybridized carbons (Fsp3) is 0.264. The Morgan fingerprint density at radius 1 is 0.242 bits per heavy atom. The number of ether oxygens (including phenoxy) is 3. The number of hydrogen-bond acceptors (Lipinski definition) is 7. The number of aliphatic hydroxyl groups excluding tert-OH is 2. The molecule has 0 unspecified atom stereocenters. The van der Waals surface area contributed by atoms with Gasteiger partial charge in [-0.2, -0.15) is 0 Å². The van der Waals surface area contributed by atoms with E-state index in [-0.39, 0.29) is 0 Å². The fourth-order valence-electron chi connectivity index (χ4n) is 10.7. The van der Waals surface area contributed by atoms with Crippen molar-refractivity contribution in [3.63, 3.8) is 0 Å². The fourth-order valence-corrected chi connectivity index (χ4v) is 10.7. The Balaban J connectivity index is 0.000000289. The smallest absolute Gasteiger partial charge is 0.194 e. The van der Waals surface area contributed by atoms with E-state index in [4.69, 9.17) is 20.3 Å². The maximum absolute atomic E-state index is 8.81. The number of aliphatic hydroxyl groups is 2. The lowest BCUT2D eigenvalue weighted by atomic mass is 9.95. The molecule has 0 atom stereocenters. The van der Waals surface area contributed by atoms with Gasteiger partial charge < -0.3 is 24.4 Å². The zero-order valence-corrected chi connectivity index (χ0v) is 60.5. The predicted molar refractivity (Wildman–Crippen MR) is 422 cm³/mol. The van der Waals surface area contributed by atoms with Gasteiger partial charge in [0.1, 0.15) is 0 Å². The normalized spacial score (nSPS) is 10.3. The lowest BCUT2D eigenvalue weighted by molar-refractivity contribution is -0.445. The van der Waals surface area contributed by atoms with Crippen molar-refractivity contribution in [2.45, 2.75) is 83.1 Å². The van der Waals surface area contributed by atoms with E-state index in [9.17, 15) is 0 Å². The van der Waals surface area contributed by atoms with Gasteiger partial charge in [-0.1, -0.05) is 326 Å². The van der Waals surface area contributed by atoms with Crippen molar-refractivity contribution in [1.29, 1.82) is 0 Å². The van der Waals surface area contributed by atoms with E-state index in [1.807, 2.05) is 27.7 Å². The first-order valence-electron chi connectivity index (χ1n) is 32.4. The Bertz CT molecular complexity index is 3620. The van der Waals surface area contributed by atoms with Gasteiger partial charge in [-0.3, -0.25) is 10.1 Å². The van der Waals surface area contributed by atoms with Crippen LogP contribution in [0, 0.1) is 20.9 Å². The van der Waals surface area contributed by atoms with Crippen LogP contribution in [0.5, 0.6) is 0 Å². The first-order valence-corrected chi connectivity index (χ1v) is 32.4. The van der Waals surface area contributed by atoms with Crippen LogP contribution in [-0.4, -0.2) is 79.1 Å². The third-order valence-corrected chi connectivity index (χ3v) is 13.6. The monoisotopic (exact) mass is 1280 g/mol. The minimum Gasteiger partial charge on any atom is -0.400 e. The van der Waals surface area contributed by atoms with Crippen molar-refractivity contribution < 1.29 is 29.3 Å². The van der Waals surface area contributed by atoms with E-state index in [1.54, 1.807) is 42.7 Å². The molecule has 0 saturated carbocycles. The second-order valence-corrected chi connectivity index (χ2v) is 24.8. The molecule has 0 amide bonds. The molecule has 95 heavy (non-hydrogen) atoms. The van der Waals surface area contributed by atoms with Crippen molar-refractivity contribution in [2.75, 3.05) is 63.9 Å². The van der Waals surface area contributed by atoms with Gasteiger partial charge in [-0.05, 0) is 140 Å². The Labute approximate surface area is 566 Å². The summed E-state index contributed by atoms with van der Waals surface area (Å²) in [5, 5.41) is 55.4. The summed E-state index contributed by atoms with van der Waals surface area (Å²) < 4.78 is 12.8. The SMILES string of the molecule is CC.CC.CC(C)(C)C.CC(C)(C)C.CO.CO.COC.COC.COC.C[N+](=O)[O-].c1cc2ccc3cccc4ccc(c1)c2c34.c1cc2ccc3cccc4ccc(c1)c2c34.c1cc2ccc3cccc4ccc(c1)c2c34.c1cc2ccc3cccc4ccc(c1)c2c34. The molecule has 16 aromatic carbocycles. The molecule has 16 rings (SSSR count). The van der Waals surface area contributed by atoms with Crippen LogP contribution in [-0.2, 0) is 14.2 Å². The van der Waals surface area contributed by atoms with E-state index in [1.165, 1.54) is 129 Å². The highest BCUT2D eigenvalue weighted by Gasteiger charge is 2.10.